The van der Waals surface area contributed by atoms with Crippen LogP contribution in [-0.2, 0) is 19.4 Å². The molecule has 23 heavy (non-hydrogen) atoms. The number of nitrogens with zero attached hydrogens (tertiary/aromatic N) is 3. The van der Waals surface area contributed by atoms with Crippen LogP contribution in [-0.4, -0.2) is 18.2 Å². The molecule has 0 bridgehead atoms. The average Bonchev–Trinajstić information content (AvgIpc) is 2.61. The molecule has 0 spiro atoms. The molecule has 0 atom stereocenters. The summed E-state index contributed by atoms with van der Waals surface area (Å²) >= 11 is 0. The highest BCUT2D eigenvalue weighted by Gasteiger charge is 2.28. The van der Waals surface area contributed by atoms with Gasteiger partial charge in [-0.1, -0.05) is 16.8 Å². The van der Waals surface area contributed by atoms with Crippen molar-refractivity contribution in [3.8, 4) is 0 Å². The van der Waals surface area contributed by atoms with Crippen molar-refractivity contribution in [2.45, 2.75) is 39.2 Å². The first-order chi connectivity index (χ1) is 11.4. The minimum absolute atomic E-state index is 0.912. The molecule has 0 aliphatic carbocycles. The number of hydrogen-bond acceptors (Lipinski definition) is 2. The number of anilines is 1. The predicted molar refractivity (Wildman–Crippen MR) is 94.0 cm³/mol. The zero-order valence-corrected chi connectivity index (χ0v) is 13.7. The third-order valence-corrected chi connectivity index (χ3v) is 5.48. The number of fused-ring (bicyclic) bond motifs is 4. The number of hydrogen-bond donors (Lipinski definition) is 0. The van der Waals surface area contributed by atoms with E-state index in [1.54, 1.807) is 5.56 Å². The fraction of sp³-hybridized carbons (Fsp3) is 0.400. The molecule has 0 unspecified atom stereocenters. The van der Waals surface area contributed by atoms with Crippen LogP contribution >= 0.6 is 0 Å². The summed E-state index contributed by atoms with van der Waals surface area (Å²) in [5.41, 5.74) is 7.05. The minimum Gasteiger partial charge on any atom is -0.371 e. The molecule has 1 aromatic heterocycles. The predicted octanol–water partition coefficient (Wildman–Crippen LogP) is 3.39. The van der Waals surface area contributed by atoms with Crippen molar-refractivity contribution >= 4 is 27.5 Å². The van der Waals surface area contributed by atoms with Crippen LogP contribution in [0.15, 0.2) is 30.3 Å². The fourth-order valence-electron chi connectivity index (χ4n) is 4.56. The maximum absolute atomic E-state index is 4.99. The fourth-order valence-corrected chi connectivity index (χ4v) is 4.56. The zero-order chi connectivity index (χ0) is 15.4. The summed E-state index contributed by atoms with van der Waals surface area (Å²) in [5, 5.41) is 7.75. The molecule has 0 saturated carbocycles. The molecular formula is C20H22N3+. The van der Waals surface area contributed by atoms with Crippen molar-refractivity contribution in [1.29, 1.82) is 0 Å². The Morgan fingerprint density at radius 3 is 2.83 bits per heavy atom. The van der Waals surface area contributed by atoms with Crippen molar-refractivity contribution < 1.29 is 4.68 Å². The van der Waals surface area contributed by atoms with Gasteiger partial charge in [0, 0.05) is 35.3 Å². The van der Waals surface area contributed by atoms with Crippen LogP contribution in [0.2, 0.25) is 0 Å². The highest BCUT2D eigenvalue weighted by atomic mass is 15.3. The van der Waals surface area contributed by atoms with E-state index in [1.807, 2.05) is 0 Å². The van der Waals surface area contributed by atoms with Gasteiger partial charge in [-0.3, -0.25) is 0 Å². The van der Waals surface area contributed by atoms with Crippen LogP contribution < -0.4 is 9.58 Å². The molecule has 3 nitrogen and oxygen atoms in total. The molecule has 0 N–H and O–H groups in total. The van der Waals surface area contributed by atoms with Crippen LogP contribution in [0.4, 0.5) is 5.69 Å². The van der Waals surface area contributed by atoms with Crippen molar-refractivity contribution in [3.05, 3.63) is 41.5 Å². The maximum atomic E-state index is 4.99. The summed E-state index contributed by atoms with van der Waals surface area (Å²) in [6.45, 7) is 5.53. The van der Waals surface area contributed by atoms with Gasteiger partial charge in [-0.15, -0.1) is 0 Å². The first kappa shape index (κ1) is 13.3. The van der Waals surface area contributed by atoms with Crippen molar-refractivity contribution in [1.82, 2.24) is 5.10 Å². The lowest BCUT2D eigenvalue weighted by Gasteiger charge is -2.37. The second kappa shape index (κ2) is 4.92. The molecule has 3 heteroatoms. The highest BCUT2D eigenvalue weighted by Crippen LogP contribution is 2.41. The highest BCUT2D eigenvalue weighted by molar-refractivity contribution is 6.07. The molecule has 5 rings (SSSR count). The van der Waals surface area contributed by atoms with E-state index in [9.17, 15) is 0 Å². The van der Waals surface area contributed by atoms with Gasteiger partial charge >= 0.3 is 0 Å². The van der Waals surface area contributed by atoms with Gasteiger partial charge in [0.25, 0.3) is 0 Å². The van der Waals surface area contributed by atoms with E-state index in [2.05, 4.69) is 46.8 Å². The van der Waals surface area contributed by atoms with Crippen LogP contribution in [0.1, 0.15) is 30.9 Å². The Morgan fingerprint density at radius 1 is 1.13 bits per heavy atom. The molecule has 2 aromatic carbocycles. The lowest BCUT2D eigenvalue weighted by molar-refractivity contribution is -0.724. The van der Waals surface area contributed by atoms with E-state index in [1.165, 1.54) is 71.8 Å². The summed E-state index contributed by atoms with van der Waals surface area (Å²) in [6, 6.07) is 11.1. The normalized spacial score (nSPS) is 16.8. The Bertz CT molecular complexity index is 927. The summed E-state index contributed by atoms with van der Waals surface area (Å²) in [5.74, 6) is 0. The zero-order valence-electron chi connectivity index (χ0n) is 13.7. The van der Waals surface area contributed by atoms with Crippen LogP contribution in [0.5, 0.6) is 0 Å². The Labute approximate surface area is 136 Å². The smallest absolute Gasteiger partial charge is 0.239 e. The SMILES string of the molecule is CC[n+]1nc2cc3c4c(c2c2ccccc21)CCCN4CCC3. The lowest BCUT2D eigenvalue weighted by atomic mass is 9.88. The molecule has 0 saturated heterocycles. The van der Waals surface area contributed by atoms with Crippen LogP contribution in [0.25, 0.3) is 21.8 Å². The summed E-state index contributed by atoms with van der Waals surface area (Å²) in [7, 11) is 0. The van der Waals surface area contributed by atoms with Crippen LogP contribution in [0, 0.1) is 0 Å². The van der Waals surface area contributed by atoms with E-state index >= 15 is 0 Å². The molecule has 116 valence electrons. The van der Waals surface area contributed by atoms with Gasteiger partial charge in [0.05, 0.1) is 5.39 Å². The minimum atomic E-state index is 0.912. The summed E-state index contributed by atoms with van der Waals surface area (Å²) in [6.07, 6.45) is 4.94. The Hall–Kier alpha value is -2.16. The number of aryl methyl sites for hydroxylation is 3. The molecule has 0 radical (unpaired) electrons. The Kier molecular flexibility index (Phi) is 2.84. The van der Waals surface area contributed by atoms with Gasteiger partial charge in [-0.2, -0.15) is 0 Å². The van der Waals surface area contributed by atoms with E-state index in [0.29, 0.717) is 0 Å². The maximum Gasteiger partial charge on any atom is 0.239 e. The first-order valence-electron chi connectivity index (χ1n) is 8.89. The lowest BCUT2D eigenvalue weighted by Crippen LogP contribution is -2.38. The molecule has 0 amide bonds. The largest absolute Gasteiger partial charge is 0.371 e. The number of aromatic nitrogens is 2. The van der Waals surface area contributed by atoms with Gasteiger partial charge in [-0.05, 0) is 55.9 Å². The Morgan fingerprint density at radius 2 is 1.96 bits per heavy atom. The summed E-state index contributed by atoms with van der Waals surface area (Å²) < 4.78 is 2.15. The van der Waals surface area contributed by atoms with Crippen LogP contribution in [0.3, 0.4) is 0 Å². The second-order valence-electron chi connectivity index (χ2n) is 6.78. The van der Waals surface area contributed by atoms with E-state index in [0.717, 1.165) is 6.54 Å². The van der Waals surface area contributed by atoms with Gasteiger partial charge in [0.1, 0.15) is 5.52 Å². The molecular weight excluding hydrogens is 282 g/mol. The number of benzene rings is 2. The molecule has 3 aromatic rings. The standard InChI is InChI=1S/C20H22N3/c1-2-23-18-10-4-3-8-15(18)19-16-9-6-12-22-11-5-7-14(20(16)22)13-17(19)21-23/h3-4,8,10,13H,2,5-7,9,11-12H2,1H3/q+1. The third-order valence-electron chi connectivity index (χ3n) is 5.48. The van der Waals surface area contributed by atoms with Gasteiger partial charge in [0.15, 0.2) is 6.54 Å². The number of rotatable bonds is 1. The first-order valence-corrected chi connectivity index (χ1v) is 8.89. The van der Waals surface area contributed by atoms with E-state index in [-0.39, 0.29) is 0 Å². The van der Waals surface area contributed by atoms with E-state index in [4.69, 9.17) is 5.10 Å². The molecule has 2 aliphatic rings. The van der Waals surface area contributed by atoms with Gasteiger partial charge in [0.2, 0.25) is 5.52 Å². The third kappa shape index (κ3) is 1.82. The molecule has 2 aliphatic heterocycles. The van der Waals surface area contributed by atoms with Crippen molar-refractivity contribution in [2.75, 3.05) is 18.0 Å². The molecule has 3 heterocycles. The van der Waals surface area contributed by atoms with E-state index < -0.39 is 0 Å². The Balaban J connectivity index is 1.97. The van der Waals surface area contributed by atoms with Gasteiger partial charge in [-0.25, -0.2) is 0 Å². The summed E-state index contributed by atoms with van der Waals surface area (Å²) in [4.78, 5) is 2.62. The average molecular weight is 304 g/mol. The second-order valence-corrected chi connectivity index (χ2v) is 6.78. The topological polar surface area (TPSA) is 20.0 Å². The monoisotopic (exact) mass is 304 g/mol. The van der Waals surface area contributed by atoms with Gasteiger partial charge < -0.3 is 4.90 Å². The van der Waals surface area contributed by atoms with Crippen molar-refractivity contribution in [2.24, 2.45) is 0 Å². The van der Waals surface area contributed by atoms with Crippen molar-refractivity contribution in [3.63, 3.8) is 0 Å². The number of para-hydroxylation sites is 1. The quantitative estimate of drug-likeness (QED) is 0.507. The molecule has 0 fully saturated rings.